The number of aromatic nitrogens is 1. The molecule has 5 rings (SSSR count). The summed E-state index contributed by atoms with van der Waals surface area (Å²) < 4.78 is 0. The monoisotopic (exact) mass is 372 g/mol. The summed E-state index contributed by atoms with van der Waals surface area (Å²) in [6.07, 6.45) is 7.10. The molecule has 2 unspecified atom stereocenters. The molecule has 1 N–H and O–H groups in total. The molecule has 28 heavy (non-hydrogen) atoms. The molecule has 0 amide bonds. The predicted molar refractivity (Wildman–Crippen MR) is 113 cm³/mol. The fraction of sp³-hybridized carbons (Fsp3) is 0.400. The van der Waals surface area contributed by atoms with Crippen LogP contribution in [0.15, 0.2) is 60.8 Å². The Morgan fingerprint density at radius 2 is 1.75 bits per heavy atom. The van der Waals surface area contributed by atoms with Crippen molar-refractivity contribution < 1.29 is 5.11 Å². The van der Waals surface area contributed by atoms with Gasteiger partial charge >= 0.3 is 0 Å². The van der Waals surface area contributed by atoms with Gasteiger partial charge in [-0.05, 0) is 55.4 Å². The van der Waals surface area contributed by atoms with Gasteiger partial charge in [0.25, 0.3) is 0 Å². The van der Waals surface area contributed by atoms with E-state index in [9.17, 15) is 5.11 Å². The zero-order valence-electron chi connectivity index (χ0n) is 16.5. The highest BCUT2D eigenvalue weighted by Crippen LogP contribution is 2.46. The standard InChI is InChI=1S/C25H28N2O/c1-18-23(13-12-20-9-6-14-26-24(18)20)25(28)15-21-10-5-11-22(16-25)27(21)17-19-7-3-2-4-8-19/h2-4,6-9,12-14,21-22,28H,5,10-11,15-17H2,1H3. The van der Waals surface area contributed by atoms with E-state index < -0.39 is 5.60 Å². The number of pyridine rings is 1. The van der Waals surface area contributed by atoms with Gasteiger partial charge < -0.3 is 5.11 Å². The third-order valence-corrected chi connectivity index (χ3v) is 6.90. The third-order valence-electron chi connectivity index (χ3n) is 6.90. The summed E-state index contributed by atoms with van der Waals surface area (Å²) in [5, 5.41) is 13.0. The van der Waals surface area contributed by atoms with Crippen LogP contribution in [0.1, 0.15) is 48.8 Å². The summed E-state index contributed by atoms with van der Waals surface area (Å²) in [7, 11) is 0. The zero-order valence-corrected chi connectivity index (χ0v) is 16.5. The average molecular weight is 373 g/mol. The summed E-state index contributed by atoms with van der Waals surface area (Å²) in [5.74, 6) is 0. The Balaban J connectivity index is 1.47. The fourth-order valence-electron chi connectivity index (χ4n) is 5.59. The molecule has 1 aromatic heterocycles. The van der Waals surface area contributed by atoms with Gasteiger partial charge in [0, 0.05) is 30.2 Å². The number of hydrogen-bond donors (Lipinski definition) is 1. The van der Waals surface area contributed by atoms with Crippen molar-refractivity contribution >= 4 is 10.9 Å². The van der Waals surface area contributed by atoms with Gasteiger partial charge in [-0.3, -0.25) is 9.88 Å². The third kappa shape index (κ3) is 3.03. The predicted octanol–water partition coefficient (Wildman–Crippen LogP) is 4.95. The summed E-state index contributed by atoms with van der Waals surface area (Å²) >= 11 is 0. The van der Waals surface area contributed by atoms with Crippen LogP contribution in [0.25, 0.3) is 10.9 Å². The van der Waals surface area contributed by atoms with E-state index in [1.165, 1.54) is 24.8 Å². The summed E-state index contributed by atoms with van der Waals surface area (Å²) in [6.45, 7) is 3.11. The molecule has 2 fully saturated rings. The molecular formula is C25H28N2O. The molecule has 0 spiro atoms. The Morgan fingerprint density at radius 1 is 1.00 bits per heavy atom. The van der Waals surface area contributed by atoms with Crippen LogP contribution in [0.5, 0.6) is 0 Å². The first-order valence-corrected chi connectivity index (χ1v) is 10.5. The normalized spacial score (nSPS) is 27.8. The molecule has 0 aliphatic carbocycles. The molecule has 0 radical (unpaired) electrons. The van der Waals surface area contributed by atoms with Gasteiger partial charge in [0.2, 0.25) is 0 Å². The topological polar surface area (TPSA) is 36.4 Å². The zero-order chi connectivity index (χ0) is 19.1. The van der Waals surface area contributed by atoms with Crippen molar-refractivity contribution in [2.75, 3.05) is 0 Å². The van der Waals surface area contributed by atoms with Crippen molar-refractivity contribution in [3.05, 3.63) is 77.5 Å². The number of piperidine rings is 2. The Kier molecular flexibility index (Phi) is 4.45. The first-order chi connectivity index (χ1) is 13.6. The van der Waals surface area contributed by atoms with Crippen LogP contribution in [-0.4, -0.2) is 27.1 Å². The van der Waals surface area contributed by atoms with Gasteiger partial charge in [-0.15, -0.1) is 0 Å². The van der Waals surface area contributed by atoms with Gasteiger partial charge in [0.1, 0.15) is 0 Å². The molecule has 0 saturated carbocycles. The lowest BCUT2D eigenvalue weighted by molar-refractivity contribution is -0.100. The highest BCUT2D eigenvalue weighted by Gasteiger charge is 2.46. The smallest absolute Gasteiger partial charge is 0.0929 e. The number of benzene rings is 2. The van der Waals surface area contributed by atoms with Crippen molar-refractivity contribution in [3.63, 3.8) is 0 Å². The van der Waals surface area contributed by atoms with Gasteiger partial charge in [0.05, 0.1) is 11.1 Å². The lowest BCUT2D eigenvalue weighted by Gasteiger charge is -2.52. The maximum atomic E-state index is 11.8. The average Bonchev–Trinajstić information content (AvgIpc) is 2.70. The van der Waals surface area contributed by atoms with Gasteiger partial charge in [-0.1, -0.05) is 55.0 Å². The molecule has 3 heteroatoms. The van der Waals surface area contributed by atoms with E-state index in [-0.39, 0.29) is 0 Å². The Hall–Kier alpha value is -2.23. The Labute approximate surface area is 167 Å². The maximum absolute atomic E-state index is 11.8. The molecule has 2 bridgehead atoms. The van der Waals surface area contributed by atoms with Crippen LogP contribution in [0.4, 0.5) is 0 Å². The van der Waals surface area contributed by atoms with E-state index in [4.69, 9.17) is 0 Å². The van der Waals surface area contributed by atoms with Gasteiger partial charge in [-0.25, -0.2) is 0 Å². The molecule has 3 nitrogen and oxygen atoms in total. The molecule has 2 saturated heterocycles. The first-order valence-electron chi connectivity index (χ1n) is 10.5. The largest absolute Gasteiger partial charge is 0.385 e. The summed E-state index contributed by atoms with van der Waals surface area (Å²) in [5.41, 5.74) is 3.85. The number of nitrogens with zero attached hydrogens (tertiary/aromatic N) is 2. The lowest BCUT2D eigenvalue weighted by atomic mass is 9.71. The van der Waals surface area contributed by atoms with E-state index in [0.29, 0.717) is 12.1 Å². The van der Waals surface area contributed by atoms with Crippen molar-refractivity contribution in [3.8, 4) is 0 Å². The fourth-order valence-corrected chi connectivity index (χ4v) is 5.59. The van der Waals surface area contributed by atoms with Crippen LogP contribution in [0.3, 0.4) is 0 Å². The number of aliphatic hydroxyl groups is 1. The van der Waals surface area contributed by atoms with Crippen LogP contribution in [0, 0.1) is 6.92 Å². The van der Waals surface area contributed by atoms with E-state index >= 15 is 0 Å². The number of hydrogen-bond acceptors (Lipinski definition) is 3. The second-order valence-corrected chi connectivity index (χ2v) is 8.65. The second-order valence-electron chi connectivity index (χ2n) is 8.65. The van der Waals surface area contributed by atoms with Gasteiger partial charge in [0.15, 0.2) is 0 Å². The minimum atomic E-state index is -0.751. The molecule has 2 atom stereocenters. The summed E-state index contributed by atoms with van der Waals surface area (Å²) in [6, 6.07) is 20.0. The second kappa shape index (κ2) is 6.98. The maximum Gasteiger partial charge on any atom is 0.0929 e. The first kappa shape index (κ1) is 17.8. The lowest BCUT2D eigenvalue weighted by Crippen LogP contribution is -2.56. The minimum absolute atomic E-state index is 0.441. The van der Waals surface area contributed by atoms with E-state index in [0.717, 1.165) is 41.4 Å². The van der Waals surface area contributed by atoms with E-state index in [2.05, 4.69) is 65.3 Å². The molecule has 2 aromatic carbocycles. The van der Waals surface area contributed by atoms with Crippen molar-refractivity contribution in [2.24, 2.45) is 0 Å². The minimum Gasteiger partial charge on any atom is -0.385 e. The van der Waals surface area contributed by atoms with Crippen LogP contribution in [0.2, 0.25) is 0 Å². The molecule has 144 valence electrons. The van der Waals surface area contributed by atoms with Crippen molar-refractivity contribution in [1.82, 2.24) is 9.88 Å². The molecular weight excluding hydrogens is 344 g/mol. The Morgan fingerprint density at radius 3 is 2.50 bits per heavy atom. The van der Waals surface area contributed by atoms with E-state index in [1.807, 2.05) is 12.3 Å². The molecule has 2 aliphatic heterocycles. The van der Waals surface area contributed by atoms with Crippen LogP contribution < -0.4 is 0 Å². The highest BCUT2D eigenvalue weighted by atomic mass is 16.3. The SMILES string of the molecule is Cc1c(C2(O)CC3CCCC(C2)N3Cc2ccccc2)ccc2cccnc12. The quantitative estimate of drug-likeness (QED) is 0.707. The van der Waals surface area contributed by atoms with Crippen LogP contribution >= 0.6 is 0 Å². The number of fused-ring (bicyclic) bond motifs is 3. The van der Waals surface area contributed by atoms with Crippen molar-refractivity contribution in [1.29, 1.82) is 0 Å². The molecule has 3 heterocycles. The number of aryl methyl sites for hydroxylation is 1. The Bertz CT molecular complexity index is 970. The molecule has 3 aromatic rings. The highest BCUT2D eigenvalue weighted by molar-refractivity contribution is 5.82. The summed E-state index contributed by atoms with van der Waals surface area (Å²) in [4.78, 5) is 7.24. The van der Waals surface area contributed by atoms with Gasteiger partial charge in [-0.2, -0.15) is 0 Å². The number of rotatable bonds is 3. The van der Waals surface area contributed by atoms with Crippen molar-refractivity contribution in [2.45, 2.75) is 63.3 Å². The molecule has 2 aliphatic rings. The van der Waals surface area contributed by atoms with E-state index in [1.54, 1.807) is 0 Å². The van der Waals surface area contributed by atoms with Crippen LogP contribution in [-0.2, 0) is 12.1 Å².